The van der Waals surface area contributed by atoms with Gasteiger partial charge in [0.05, 0.1) is 6.61 Å². The lowest BCUT2D eigenvalue weighted by atomic mass is 9.82. The van der Waals surface area contributed by atoms with Crippen LogP contribution in [-0.4, -0.2) is 11.7 Å². The van der Waals surface area contributed by atoms with Crippen LogP contribution in [0, 0.1) is 6.92 Å². The number of hydrogen-bond donors (Lipinski definition) is 1. The minimum Gasteiger partial charge on any atom is -0.395 e. The Hall–Kier alpha value is -1.34. The first-order chi connectivity index (χ1) is 7.54. The van der Waals surface area contributed by atoms with Gasteiger partial charge in [-0.3, -0.25) is 0 Å². The van der Waals surface area contributed by atoms with Crippen LogP contribution in [0.25, 0.3) is 10.8 Å². The molecular weight excluding hydrogens is 196 g/mol. The molecule has 84 valence electrons. The fraction of sp³-hybridized carbons (Fsp3) is 0.333. The maximum Gasteiger partial charge on any atom is 0.0522 e. The van der Waals surface area contributed by atoms with Gasteiger partial charge < -0.3 is 5.11 Å². The molecule has 0 fully saturated rings. The minimum atomic E-state index is -0.187. The molecule has 2 aromatic rings. The van der Waals surface area contributed by atoms with E-state index in [1.807, 2.05) is 0 Å². The standard InChI is InChI=1S/C15H18O/c1-11-7-8-12-5-4-6-14(13(12)9-11)15(2,3)10-16/h4-9,16H,10H2,1-3H3. The van der Waals surface area contributed by atoms with Crippen LogP contribution >= 0.6 is 0 Å². The number of rotatable bonds is 2. The van der Waals surface area contributed by atoms with Crippen LogP contribution < -0.4 is 0 Å². The van der Waals surface area contributed by atoms with Crippen molar-refractivity contribution in [2.24, 2.45) is 0 Å². The lowest BCUT2D eigenvalue weighted by molar-refractivity contribution is 0.219. The van der Waals surface area contributed by atoms with E-state index >= 15 is 0 Å². The van der Waals surface area contributed by atoms with Gasteiger partial charge in [0.15, 0.2) is 0 Å². The van der Waals surface area contributed by atoms with Gasteiger partial charge >= 0.3 is 0 Å². The van der Waals surface area contributed by atoms with Crippen molar-refractivity contribution < 1.29 is 5.11 Å². The molecule has 0 spiro atoms. The third-order valence-electron chi connectivity index (χ3n) is 3.16. The maximum absolute atomic E-state index is 9.48. The first-order valence-corrected chi connectivity index (χ1v) is 5.65. The predicted molar refractivity (Wildman–Crippen MR) is 68.8 cm³/mol. The van der Waals surface area contributed by atoms with Gasteiger partial charge in [-0.15, -0.1) is 0 Å². The molecule has 0 heterocycles. The van der Waals surface area contributed by atoms with Gasteiger partial charge in [0.1, 0.15) is 0 Å². The van der Waals surface area contributed by atoms with Gasteiger partial charge in [0.25, 0.3) is 0 Å². The average Bonchev–Trinajstić information content (AvgIpc) is 2.28. The zero-order valence-electron chi connectivity index (χ0n) is 10.1. The van der Waals surface area contributed by atoms with Crippen LogP contribution in [0.15, 0.2) is 36.4 Å². The largest absolute Gasteiger partial charge is 0.395 e. The van der Waals surface area contributed by atoms with E-state index in [1.54, 1.807) is 0 Å². The summed E-state index contributed by atoms with van der Waals surface area (Å²) in [7, 11) is 0. The topological polar surface area (TPSA) is 20.2 Å². The Morgan fingerprint density at radius 2 is 1.88 bits per heavy atom. The van der Waals surface area contributed by atoms with E-state index in [-0.39, 0.29) is 12.0 Å². The predicted octanol–water partition coefficient (Wildman–Crippen LogP) is 3.42. The molecule has 0 saturated carbocycles. The van der Waals surface area contributed by atoms with Gasteiger partial charge in [-0.25, -0.2) is 0 Å². The molecule has 1 nitrogen and oxygen atoms in total. The Morgan fingerprint density at radius 1 is 1.12 bits per heavy atom. The zero-order valence-corrected chi connectivity index (χ0v) is 10.1. The number of fused-ring (bicyclic) bond motifs is 1. The normalized spacial score (nSPS) is 12.0. The van der Waals surface area contributed by atoms with Crippen molar-refractivity contribution in [1.29, 1.82) is 0 Å². The van der Waals surface area contributed by atoms with E-state index < -0.39 is 0 Å². The molecule has 2 aromatic carbocycles. The molecule has 2 rings (SSSR count). The van der Waals surface area contributed by atoms with Gasteiger partial charge in [0, 0.05) is 5.41 Å². The van der Waals surface area contributed by atoms with E-state index in [1.165, 1.54) is 21.9 Å². The molecule has 0 amide bonds. The number of aliphatic hydroxyl groups is 1. The Balaban J connectivity index is 2.74. The van der Waals surface area contributed by atoms with Crippen molar-refractivity contribution in [1.82, 2.24) is 0 Å². The number of hydrogen-bond acceptors (Lipinski definition) is 1. The highest BCUT2D eigenvalue weighted by molar-refractivity contribution is 5.87. The third kappa shape index (κ3) is 1.83. The summed E-state index contributed by atoms with van der Waals surface area (Å²) in [5, 5.41) is 12.0. The second-order valence-electron chi connectivity index (χ2n) is 5.07. The summed E-state index contributed by atoms with van der Waals surface area (Å²) >= 11 is 0. The second kappa shape index (κ2) is 3.91. The number of benzene rings is 2. The zero-order chi connectivity index (χ0) is 11.8. The fourth-order valence-corrected chi connectivity index (χ4v) is 2.06. The highest BCUT2D eigenvalue weighted by atomic mass is 16.3. The molecule has 0 aromatic heterocycles. The molecule has 0 unspecified atom stereocenters. The van der Waals surface area contributed by atoms with Crippen LogP contribution in [0.3, 0.4) is 0 Å². The van der Waals surface area contributed by atoms with E-state index in [0.717, 1.165) is 0 Å². The SMILES string of the molecule is Cc1ccc2cccc(C(C)(C)CO)c2c1. The second-order valence-corrected chi connectivity index (χ2v) is 5.07. The van der Waals surface area contributed by atoms with Crippen LogP contribution in [-0.2, 0) is 5.41 Å². The number of aryl methyl sites for hydroxylation is 1. The molecule has 0 radical (unpaired) electrons. The molecule has 1 N–H and O–H groups in total. The molecule has 0 aliphatic rings. The first kappa shape index (κ1) is 11.2. The Morgan fingerprint density at radius 3 is 2.56 bits per heavy atom. The van der Waals surface area contributed by atoms with E-state index in [4.69, 9.17) is 0 Å². The fourth-order valence-electron chi connectivity index (χ4n) is 2.06. The monoisotopic (exact) mass is 214 g/mol. The Kier molecular flexibility index (Phi) is 2.73. The molecule has 0 aliphatic heterocycles. The van der Waals surface area contributed by atoms with Crippen molar-refractivity contribution in [3.63, 3.8) is 0 Å². The van der Waals surface area contributed by atoms with Crippen LogP contribution in [0.2, 0.25) is 0 Å². The number of aliphatic hydroxyl groups excluding tert-OH is 1. The van der Waals surface area contributed by atoms with Gasteiger partial charge in [-0.2, -0.15) is 0 Å². The van der Waals surface area contributed by atoms with Gasteiger partial charge in [0.2, 0.25) is 0 Å². The minimum absolute atomic E-state index is 0.167. The molecule has 0 aliphatic carbocycles. The van der Waals surface area contributed by atoms with E-state index in [0.29, 0.717) is 0 Å². The molecule has 1 heteroatoms. The summed E-state index contributed by atoms with van der Waals surface area (Å²) in [6.07, 6.45) is 0. The lowest BCUT2D eigenvalue weighted by Gasteiger charge is -2.24. The summed E-state index contributed by atoms with van der Waals surface area (Å²) in [5.41, 5.74) is 2.29. The summed E-state index contributed by atoms with van der Waals surface area (Å²) in [6.45, 7) is 6.41. The van der Waals surface area contributed by atoms with Crippen molar-refractivity contribution >= 4 is 10.8 Å². The highest BCUT2D eigenvalue weighted by Crippen LogP contribution is 2.30. The summed E-state index contributed by atoms with van der Waals surface area (Å²) in [5.74, 6) is 0. The van der Waals surface area contributed by atoms with Crippen LogP contribution in [0.5, 0.6) is 0 Å². The molecule has 0 atom stereocenters. The maximum atomic E-state index is 9.48. The van der Waals surface area contributed by atoms with Crippen molar-refractivity contribution in [2.75, 3.05) is 6.61 Å². The van der Waals surface area contributed by atoms with Crippen LogP contribution in [0.1, 0.15) is 25.0 Å². The summed E-state index contributed by atoms with van der Waals surface area (Å²) < 4.78 is 0. The lowest BCUT2D eigenvalue weighted by Crippen LogP contribution is -2.22. The van der Waals surface area contributed by atoms with Crippen molar-refractivity contribution in [3.8, 4) is 0 Å². The van der Waals surface area contributed by atoms with E-state index in [2.05, 4.69) is 57.2 Å². The third-order valence-corrected chi connectivity index (χ3v) is 3.16. The summed E-state index contributed by atoms with van der Waals surface area (Å²) in [4.78, 5) is 0. The van der Waals surface area contributed by atoms with Gasteiger partial charge in [-0.05, 0) is 23.3 Å². The summed E-state index contributed by atoms with van der Waals surface area (Å²) in [6, 6.07) is 12.7. The van der Waals surface area contributed by atoms with E-state index in [9.17, 15) is 5.11 Å². The molecular formula is C15H18O. The highest BCUT2D eigenvalue weighted by Gasteiger charge is 2.21. The van der Waals surface area contributed by atoms with Crippen LogP contribution in [0.4, 0.5) is 0 Å². The quantitative estimate of drug-likeness (QED) is 0.812. The average molecular weight is 214 g/mol. The smallest absolute Gasteiger partial charge is 0.0522 e. The van der Waals surface area contributed by atoms with Gasteiger partial charge in [-0.1, -0.05) is 55.8 Å². The molecule has 16 heavy (non-hydrogen) atoms. The Labute approximate surface area is 96.7 Å². The molecule has 0 bridgehead atoms. The molecule has 0 saturated heterocycles. The van der Waals surface area contributed by atoms with Crippen molar-refractivity contribution in [2.45, 2.75) is 26.2 Å². The van der Waals surface area contributed by atoms with Crippen molar-refractivity contribution in [3.05, 3.63) is 47.5 Å². The first-order valence-electron chi connectivity index (χ1n) is 5.65. The Bertz CT molecular complexity index is 512.